The molecule has 0 radical (unpaired) electrons. The van der Waals surface area contributed by atoms with Gasteiger partial charge in [0.15, 0.2) is 5.11 Å². The predicted molar refractivity (Wildman–Crippen MR) is 104 cm³/mol. The van der Waals surface area contributed by atoms with E-state index in [0.29, 0.717) is 23.8 Å². The molecule has 1 aromatic heterocycles. The van der Waals surface area contributed by atoms with Gasteiger partial charge in [-0.1, -0.05) is 13.3 Å². The predicted octanol–water partition coefficient (Wildman–Crippen LogP) is 2.01. The quantitative estimate of drug-likeness (QED) is 0.492. The van der Waals surface area contributed by atoms with Crippen LogP contribution in [0.1, 0.15) is 25.3 Å². The summed E-state index contributed by atoms with van der Waals surface area (Å²) in [6.45, 7) is 3.56. The molecule has 0 bridgehead atoms. The van der Waals surface area contributed by atoms with E-state index in [0.717, 1.165) is 36.0 Å². The number of methoxy groups -OCH3 is 1. The fourth-order valence-corrected chi connectivity index (χ4v) is 2.79. The first-order valence-corrected chi connectivity index (χ1v) is 8.83. The Morgan fingerprint density at radius 3 is 2.88 bits per heavy atom. The number of nitrogens with zero attached hydrogens (tertiary/aromatic N) is 1. The van der Waals surface area contributed by atoms with Gasteiger partial charge >= 0.3 is 0 Å². The summed E-state index contributed by atoms with van der Waals surface area (Å²) in [4.78, 5) is 17.1. The number of hydrogen-bond acceptors (Lipinski definition) is 4. The van der Waals surface area contributed by atoms with Crippen LogP contribution in [0.4, 0.5) is 0 Å². The van der Waals surface area contributed by atoms with Crippen molar-refractivity contribution in [3.8, 4) is 5.75 Å². The number of rotatable bonds is 8. The van der Waals surface area contributed by atoms with Crippen LogP contribution in [-0.2, 0) is 6.54 Å². The standard InChI is InChI=1S/C18H25N3O3S/c1-3-4-7-19-18(25)21(8-9-22)12-14-10-13-11-15(24-2)5-6-16(13)20-17(14)23/h5-6,10-11,22H,3-4,7-9,12H2,1-2H3,(H,19,25)(H,20,23). The lowest BCUT2D eigenvalue weighted by Gasteiger charge is -2.25. The highest BCUT2D eigenvalue weighted by Gasteiger charge is 2.13. The Morgan fingerprint density at radius 1 is 1.40 bits per heavy atom. The van der Waals surface area contributed by atoms with Crippen LogP contribution in [0.3, 0.4) is 0 Å². The van der Waals surface area contributed by atoms with Crippen molar-refractivity contribution in [2.45, 2.75) is 26.3 Å². The molecule has 0 fully saturated rings. The summed E-state index contributed by atoms with van der Waals surface area (Å²) in [6.07, 6.45) is 2.09. The maximum Gasteiger partial charge on any atom is 0.253 e. The molecule has 0 unspecified atom stereocenters. The van der Waals surface area contributed by atoms with Crippen molar-refractivity contribution in [3.63, 3.8) is 0 Å². The highest BCUT2D eigenvalue weighted by atomic mass is 32.1. The van der Waals surface area contributed by atoms with Gasteiger partial charge in [0.1, 0.15) is 5.75 Å². The first-order chi connectivity index (χ1) is 12.1. The van der Waals surface area contributed by atoms with Crippen molar-refractivity contribution < 1.29 is 9.84 Å². The molecule has 0 atom stereocenters. The van der Waals surface area contributed by atoms with Gasteiger partial charge in [0.05, 0.1) is 20.3 Å². The van der Waals surface area contributed by atoms with E-state index in [-0.39, 0.29) is 12.2 Å². The molecule has 0 aliphatic rings. The van der Waals surface area contributed by atoms with Gasteiger partial charge in [-0.05, 0) is 42.9 Å². The SMILES string of the molecule is CCCCNC(=S)N(CCO)Cc1cc2cc(OC)ccc2[nH]c1=O. The van der Waals surface area contributed by atoms with E-state index in [2.05, 4.69) is 17.2 Å². The summed E-state index contributed by atoms with van der Waals surface area (Å²) in [5.41, 5.74) is 1.19. The van der Waals surface area contributed by atoms with Crippen LogP contribution in [-0.4, -0.2) is 46.9 Å². The van der Waals surface area contributed by atoms with Gasteiger partial charge in [0.25, 0.3) is 5.56 Å². The monoisotopic (exact) mass is 363 g/mol. The van der Waals surface area contributed by atoms with Crippen LogP contribution in [0, 0.1) is 0 Å². The zero-order valence-corrected chi connectivity index (χ0v) is 15.5. The van der Waals surface area contributed by atoms with E-state index in [1.165, 1.54) is 0 Å². The average Bonchev–Trinajstić information content (AvgIpc) is 2.61. The number of nitrogens with one attached hydrogen (secondary N) is 2. The molecule has 7 heteroatoms. The Balaban J connectivity index is 2.23. The molecule has 6 nitrogen and oxygen atoms in total. The van der Waals surface area contributed by atoms with Crippen LogP contribution in [0.25, 0.3) is 10.9 Å². The lowest BCUT2D eigenvalue weighted by atomic mass is 10.1. The van der Waals surface area contributed by atoms with Crippen LogP contribution in [0.15, 0.2) is 29.1 Å². The zero-order valence-electron chi connectivity index (χ0n) is 14.7. The summed E-state index contributed by atoms with van der Waals surface area (Å²) < 4.78 is 5.24. The molecule has 0 spiro atoms. The number of aliphatic hydroxyl groups is 1. The number of aliphatic hydroxyl groups excluding tert-OH is 1. The molecule has 136 valence electrons. The van der Waals surface area contributed by atoms with Crippen molar-refractivity contribution in [3.05, 3.63) is 40.2 Å². The minimum Gasteiger partial charge on any atom is -0.497 e. The number of H-pyrrole nitrogens is 1. The van der Waals surface area contributed by atoms with E-state index < -0.39 is 0 Å². The van der Waals surface area contributed by atoms with Crippen molar-refractivity contribution >= 4 is 28.2 Å². The third-order valence-corrected chi connectivity index (χ3v) is 4.36. The van der Waals surface area contributed by atoms with Gasteiger partial charge in [-0.3, -0.25) is 4.79 Å². The van der Waals surface area contributed by atoms with Gasteiger partial charge in [0.2, 0.25) is 0 Å². The first kappa shape index (κ1) is 19.2. The second kappa shape index (κ2) is 9.39. The number of pyridine rings is 1. The fourth-order valence-electron chi connectivity index (χ4n) is 2.54. The van der Waals surface area contributed by atoms with E-state index >= 15 is 0 Å². The molecule has 0 aliphatic carbocycles. The van der Waals surface area contributed by atoms with Crippen molar-refractivity contribution in [2.24, 2.45) is 0 Å². The van der Waals surface area contributed by atoms with Crippen molar-refractivity contribution in [1.82, 2.24) is 15.2 Å². The average molecular weight is 363 g/mol. The fraction of sp³-hybridized carbons (Fsp3) is 0.444. The van der Waals surface area contributed by atoms with E-state index in [4.69, 9.17) is 17.0 Å². The topological polar surface area (TPSA) is 77.6 Å². The third-order valence-electron chi connectivity index (χ3n) is 3.95. The molecular weight excluding hydrogens is 338 g/mol. The maximum absolute atomic E-state index is 12.4. The minimum absolute atomic E-state index is 0.0328. The highest BCUT2D eigenvalue weighted by molar-refractivity contribution is 7.80. The Morgan fingerprint density at radius 2 is 2.20 bits per heavy atom. The van der Waals surface area contributed by atoms with Crippen LogP contribution in [0.2, 0.25) is 0 Å². The van der Waals surface area contributed by atoms with Crippen molar-refractivity contribution in [1.29, 1.82) is 0 Å². The van der Waals surface area contributed by atoms with Crippen LogP contribution in [0.5, 0.6) is 5.75 Å². The third kappa shape index (κ3) is 5.17. The summed E-state index contributed by atoms with van der Waals surface area (Å²) in [6, 6.07) is 7.35. The number of hydrogen-bond donors (Lipinski definition) is 3. The second-order valence-corrected chi connectivity index (χ2v) is 6.19. The highest BCUT2D eigenvalue weighted by Crippen LogP contribution is 2.19. The van der Waals surface area contributed by atoms with Gasteiger partial charge in [0, 0.05) is 29.6 Å². The Hall–Kier alpha value is -2.12. The smallest absolute Gasteiger partial charge is 0.253 e. The lowest BCUT2D eigenvalue weighted by Crippen LogP contribution is -2.42. The zero-order chi connectivity index (χ0) is 18.2. The van der Waals surface area contributed by atoms with Gasteiger partial charge < -0.3 is 25.0 Å². The molecule has 2 aromatic rings. The first-order valence-electron chi connectivity index (χ1n) is 8.42. The molecule has 25 heavy (non-hydrogen) atoms. The number of unbranched alkanes of at least 4 members (excludes halogenated alkanes) is 1. The molecule has 0 amide bonds. The Labute approximate surface area is 152 Å². The summed E-state index contributed by atoms with van der Waals surface area (Å²) >= 11 is 5.40. The molecular formula is C18H25N3O3S. The molecule has 0 saturated heterocycles. The van der Waals surface area contributed by atoms with E-state index in [9.17, 15) is 9.90 Å². The van der Waals surface area contributed by atoms with Crippen molar-refractivity contribution in [2.75, 3.05) is 26.8 Å². The molecule has 1 heterocycles. The van der Waals surface area contributed by atoms with Gasteiger partial charge in [-0.25, -0.2) is 0 Å². The number of ether oxygens (including phenoxy) is 1. The number of aromatic nitrogens is 1. The maximum atomic E-state index is 12.4. The number of benzene rings is 1. The normalized spacial score (nSPS) is 10.7. The largest absolute Gasteiger partial charge is 0.497 e. The molecule has 0 aliphatic heterocycles. The van der Waals surface area contributed by atoms with Crippen LogP contribution < -0.4 is 15.6 Å². The Kier molecular flexibility index (Phi) is 7.21. The number of thiocarbonyl (C=S) groups is 1. The van der Waals surface area contributed by atoms with E-state index in [1.807, 2.05) is 29.2 Å². The molecule has 3 N–H and O–H groups in total. The number of fused-ring (bicyclic) bond motifs is 1. The molecule has 2 rings (SSSR count). The molecule has 1 aromatic carbocycles. The summed E-state index contributed by atoms with van der Waals surface area (Å²) in [5, 5.41) is 13.9. The van der Waals surface area contributed by atoms with E-state index in [1.54, 1.807) is 7.11 Å². The van der Waals surface area contributed by atoms with Crippen LogP contribution >= 0.6 is 12.2 Å². The van der Waals surface area contributed by atoms with Gasteiger partial charge in [-0.15, -0.1) is 0 Å². The minimum atomic E-state index is -0.156. The number of aromatic amines is 1. The summed E-state index contributed by atoms with van der Waals surface area (Å²) in [5.74, 6) is 0.731. The lowest BCUT2D eigenvalue weighted by molar-refractivity contribution is 0.245. The second-order valence-electron chi connectivity index (χ2n) is 5.81. The Bertz CT molecular complexity index is 776. The van der Waals surface area contributed by atoms with Gasteiger partial charge in [-0.2, -0.15) is 0 Å². The summed E-state index contributed by atoms with van der Waals surface area (Å²) in [7, 11) is 1.61. The molecule has 0 saturated carbocycles.